The highest BCUT2D eigenvalue weighted by Gasteiger charge is 2.15. The third-order valence-electron chi connectivity index (χ3n) is 1.95. The van der Waals surface area contributed by atoms with E-state index in [1.54, 1.807) is 10.8 Å². The fourth-order valence-corrected chi connectivity index (χ4v) is 4.11. The van der Waals surface area contributed by atoms with Gasteiger partial charge in [0.05, 0.1) is 18.4 Å². The van der Waals surface area contributed by atoms with E-state index in [4.69, 9.17) is 0 Å². The standard InChI is InChI=1S/C10H9I3N2O4S/c1-20(18,19)15-8(16)4-14-10(17)6-2-5(11)3-7(12)9(6)13/h2-3H,4H2,1H3,(H,14,17)(H,15,16). The number of benzene rings is 1. The summed E-state index contributed by atoms with van der Waals surface area (Å²) in [5.41, 5.74) is 0.453. The van der Waals surface area contributed by atoms with Gasteiger partial charge < -0.3 is 5.32 Å². The Morgan fingerprint density at radius 3 is 2.35 bits per heavy atom. The van der Waals surface area contributed by atoms with Gasteiger partial charge in [-0.1, -0.05) is 0 Å². The van der Waals surface area contributed by atoms with E-state index in [2.05, 4.69) is 50.5 Å². The van der Waals surface area contributed by atoms with E-state index >= 15 is 0 Å². The monoisotopic (exact) mass is 634 g/mol. The third-order valence-corrected chi connectivity index (χ3v) is 6.21. The lowest BCUT2D eigenvalue weighted by atomic mass is 10.2. The summed E-state index contributed by atoms with van der Waals surface area (Å²) in [5, 5.41) is 2.39. The molecule has 10 heteroatoms. The summed E-state index contributed by atoms with van der Waals surface area (Å²) in [6.07, 6.45) is 0.873. The van der Waals surface area contributed by atoms with Gasteiger partial charge in [-0.05, 0) is 79.9 Å². The first-order chi connectivity index (χ1) is 9.10. The molecule has 6 nitrogen and oxygen atoms in total. The lowest BCUT2D eigenvalue weighted by Crippen LogP contribution is -2.39. The van der Waals surface area contributed by atoms with Gasteiger partial charge in [-0.15, -0.1) is 0 Å². The molecule has 0 saturated carbocycles. The van der Waals surface area contributed by atoms with Crippen molar-refractivity contribution in [1.29, 1.82) is 0 Å². The van der Waals surface area contributed by atoms with Crippen molar-refractivity contribution < 1.29 is 18.0 Å². The minimum Gasteiger partial charge on any atom is -0.343 e. The Balaban J connectivity index is 2.76. The summed E-state index contributed by atoms with van der Waals surface area (Å²) in [5.74, 6) is -1.20. The van der Waals surface area contributed by atoms with Crippen LogP contribution in [-0.2, 0) is 14.8 Å². The van der Waals surface area contributed by atoms with E-state index in [9.17, 15) is 18.0 Å². The molecule has 2 N–H and O–H groups in total. The molecule has 110 valence electrons. The molecule has 0 bridgehead atoms. The van der Waals surface area contributed by atoms with Gasteiger partial charge in [-0.25, -0.2) is 8.42 Å². The molecule has 0 atom stereocenters. The highest BCUT2D eigenvalue weighted by atomic mass is 127. The fraction of sp³-hybridized carbons (Fsp3) is 0.200. The maximum absolute atomic E-state index is 12.0. The van der Waals surface area contributed by atoms with Crippen LogP contribution in [0.3, 0.4) is 0 Å². The van der Waals surface area contributed by atoms with Crippen molar-refractivity contribution in [3.8, 4) is 0 Å². The number of rotatable bonds is 4. The van der Waals surface area contributed by atoms with E-state index < -0.39 is 28.4 Å². The highest BCUT2D eigenvalue weighted by Crippen LogP contribution is 2.22. The first kappa shape index (κ1) is 18.3. The van der Waals surface area contributed by atoms with Crippen LogP contribution in [0.4, 0.5) is 0 Å². The minimum atomic E-state index is -3.61. The molecule has 1 aromatic carbocycles. The van der Waals surface area contributed by atoms with Crippen LogP contribution in [0, 0.1) is 10.7 Å². The molecule has 0 spiro atoms. The molecule has 0 unspecified atom stereocenters. The van der Waals surface area contributed by atoms with Crippen molar-refractivity contribution in [2.24, 2.45) is 0 Å². The van der Waals surface area contributed by atoms with Gasteiger partial charge in [-0.2, -0.15) is 0 Å². The summed E-state index contributed by atoms with van der Waals surface area (Å²) in [6.45, 7) is -0.399. The smallest absolute Gasteiger partial charge is 0.252 e. The third kappa shape index (κ3) is 5.97. The molecular formula is C10H9I3N2O4S. The predicted octanol–water partition coefficient (Wildman–Crippen LogP) is 1.31. The van der Waals surface area contributed by atoms with Crippen LogP contribution >= 0.6 is 67.8 Å². The number of hydrogen-bond acceptors (Lipinski definition) is 4. The number of carbonyl (C=O) groups excluding carboxylic acids is 2. The van der Waals surface area contributed by atoms with Crippen molar-refractivity contribution in [2.75, 3.05) is 12.8 Å². The summed E-state index contributed by atoms with van der Waals surface area (Å²) in [7, 11) is -3.61. The molecule has 1 rings (SSSR count). The van der Waals surface area contributed by atoms with Crippen LogP contribution in [0.5, 0.6) is 0 Å². The summed E-state index contributed by atoms with van der Waals surface area (Å²) < 4.78 is 26.1. The second-order valence-electron chi connectivity index (χ2n) is 3.73. The lowest BCUT2D eigenvalue weighted by molar-refractivity contribution is -0.118. The number of amides is 2. The lowest BCUT2D eigenvalue weighted by Gasteiger charge is -2.09. The van der Waals surface area contributed by atoms with Crippen molar-refractivity contribution in [3.05, 3.63) is 28.4 Å². The number of nitrogens with one attached hydrogen (secondary N) is 2. The quantitative estimate of drug-likeness (QED) is 0.387. The number of carbonyl (C=O) groups is 2. The molecule has 0 heterocycles. The van der Waals surface area contributed by atoms with E-state index in [0.29, 0.717) is 5.56 Å². The van der Waals surface area contributed by atoms with Gasteiger partial charge >= 0.3 is 0 Å². The average Bonchev–Trinajstić information content (AvgIpc) is 2.28. The molecule has 0 saturated heterocycles. The maximum Gasteiger partial charge on any atom is 0.252 e. The zero-order chi connectivity index (χ0) is 15.5. The number of hydrogen-bond donors (Lipinski definition) is 2. The Bertz CT molecular complexity index is 661. The van der Waals surface area contributed by atoms with E-state index in [1.165, 1.54) is 0 Å². The van der Waals surface area contributed by atoms with Crippen LogP contribution in [0.15, 0.2) is 12.1 Å². The second-order valence-corrected chi connectivity index (χ2v) is 8.96. The van der Waals surface area contributed by atoms with Crippen LogP contribution in [0.2, 0.25) is 0 Å². The largest absolute Gasteiger partial charge is 0.343 e. The van der Waals surface area contributed by atoms with E-state index in [1.807, 2.05) is 28.7 Å². The Labute approximate surface area is 157 Å². The predicted molar refractivity (Wildman–Crippen MR) is 99.9 cm³/mol. The number of halogens is 3. The van der Waals surface area contributed by atoms with Crippen molar-refractivity contribution in [1.82, 2.24) is 10.0 Å². The molecule has 1 aromatic rings. The summed E-state index contributed by atoms with van der Waals surface area (Å²) in [6, 6.07) is 3.63. The van der Waals surface area contributed by atoms with Gasteiger partial charge in [0.1, 0.15) is 0 Å². The van der Waals surface area contributed by atoms with Crippen LogP contribution in [-0.4, -0.2) is 33.0 Å². The van der Waals surface area contributed by atoms with Crippen LogP contribution < -0.4 is 10.0 Å². The first-order valence-electron chi connectivity index (χ1n) is 5.03. The zero-order valence-corrected chi connectivity index (χ0v) is 17.3. The van der Waals surface area contributed by atoms with Gasteiger partial charge in [0, 0.05) is 10.7 Å². The summed E-state index contributed by atoms with van der Waals surface area (Å²) in [4.78, 5) is 23.3. The SMILES string of the molecule is CS(=O)(=O)NC(=O)CNC(=O)c1cc(I)cc(I)c1I. The molecule has 0 aliphatic heterocycles. The normalized spacial score (nSPS) is 11.0. The number of sulfonamides is 1. The minimum absolute atomic E-state index is 0.399. The van der Waals surface area contributed by atoms with E-state index in [-0.39, 0.29) is 0 Å². The van der Waals surface area contributed by atoms with Crippen molar-refractivity contribution in [3.63, 3.8) is 0 Å². The Morgan fingerprint density at radius 1 is 1.20 bits per heavy atom. The molecule has 2 amide bonds. The average molecular weight is 634 g/mol. The van der Waals surface area contributed by atoms with Crippen LogP contribution in [0.1, 0.15) is 10.4 Å². The van der Waals surface area contributed by atoms with Crippen molar-refractivity contribution >= 4 is 89.6 Å². The molecule has 0 aliphatic carbocycles. The first-order valence-corrected chi connectivity index (χ1v) is 10.2. The fourth-order valence-electron chi connectivity index (χ4n) is 1.22. The van der Waals surface area contributed by atoms with Gasteiger partial charge in [0.15, 0.2) is 0 Å². The van der Waals surface area contributed by atoms with Crippen LogP contribution in [0.25, 0.3) is 0 Å². The Kier molecular flexibility index (Phi) is 6.91. The van der Waals surface area contributed by atoms with Gasteiger partial charge in [0.2, 0.25) is 10.0 Å². The zero-order valence-electron chi connectivity index (χ0n) is 10.0. The molecule has 20 heavy (non-hydrogen) atoms. The molecule has 0 aliphatic rings. The molecular weight excluding hydrogens is 625 g/mol. The molecule has 0 fully saturated rings. The highest BCUT2D eigenvalue weighted by molar-refractivity contribution is 14.1. The summed E-state index contributed by atoms with van der Waals surface area (Å²) >= 11 is 6.26. The Morgan fingerprint density at radius 2 is 1.80 bits per heavy atom. The van der Waals surface area contributed by atoms with Crippen molar-refractivity contribution in [2.45, 2.75) is 0 Å². The molecule has 0 radical (unpaired) electrons. The van der Waals surface area contributed by atoms with E-state index in [0.717, 1.165) is 17.0 Å². The Hall–Kier alpha value is 0.300. The second kappa shape index (κ2) is 7.53. The maximum atomic E-state index is 12.0. The van der Waals surface area contributed by atoms with Gasteiger partial charge in [-0.3, -0.25) is 14.3 Å². The molecule has 0 aromatic heterocycles. The van der Waals surface area contributed by atoms with Gasteiger partial charge in [0.25, 0.3) is 11.8 Å². The topological polar surface area (TPSA) is 92.3 Å².